The number of carbonyl (C=O) groups excluding carboxylic acids is 2. The number of amides is 2. The third kappa shape index (κ3) is 8.49. The maximum Gasteiger partial charge on any atom is 0.276 e. The first kappa shape index (κ1) is 23.9. The molecule has 10 heteroatoms. The topological polar surface area (TPSA) is 107 Å². The summed E-state index contributed by atoms with van der Waals surface area (Å²) in [6.45, 7) is 2.95. The van der Waals surface area contributed by atoms with E-state index in [9.17, 15) is 9.59 Å². The van der Waals surface area contributed by atoms with Crippen LogP contribution in [0.2, 0.25) is 0 Å². The summed E-state index contributed by atoms with van der Waals surface area (Å²) in [5.41, 5.74) is 5.11. The summed E-state index contributed by atoms with van der Waals surface area (Å²) < 4.78 is 21.2. The number of ether oxygens (including phenoxy) is 4. The number of hydrogen-bond donors (Lipinski definition) is 3. The highest BCUT2D eigenvalue weighted by molar-refractivity contribution is 7.80. The molecule has 0 bridgehead atoms. The van der Waals surface area contributed by atoms with Gasteiger partial charge < -0.3 is 18.9 Å². The zero-order valence-corrected chi connectivity index (χ0v) is 18.1. The third-order valence-electron chi connectivity index (χ3n) is 3.79. The van der Waals surface area contributed by atoms with Crippen molar-refractivity contribution in [3.05, 3.63) is 54.1 Å². The average molecular weight is 448 g/mol. The van der Waals surface area contributed by atoms with Crippen LogP contribution in [0.3, 0.4) is 0 Å². The van der Waals surface area contributed by atoms with E-state index in [-0.39, 0.29) is 11.7 Å². The van der Waals surface area contributed by atoms with Crippen LogP contribution >= 0.6 is 12.2 Å². The zero-order chi connectivity index (χ0) is 22.5. The Labute approximate surface area is 186 Å². The summed E-state index contributed by atoms with van der Waals surface area (Å²) in [5.74, 6) is 0.633. The molecule has 2 aromatic carbocycles. The molecule has 0 aromatic heterocycles. The molecule has 0 aliphatic carbocycles. The minimum absolute atomic E-state index is 0.0769. The minimum atomic E-state index is -0.480. The quantitative estimate of drug-likeness (QED) is 0.288. The van der Waals surface area contributed by atoms with Gasteiger partial charge in [0.15, 0.2) is 11.7 Å². The Bertz CT molecular complexity index is 876. The van der Waals surface area contributed by atoms with Gasteiger partial charge in [-0.1, -0.05) is 12.1 Å². The second kappa shape index (κ2) is 13.0. The predicted octanol–water partition coefficient (Wildman–Crippen LogP) is 1.82. The maximum absolute atomic E-state index is 12.5. The van der Waals surface area contributed by atoms with E-state index in [0.717, 1.165) is 0 Å². The highest BCUT2D eigenvalue weighted by Crippen LogP contribution is 2.18. The number of hydrazine groups is 1. The van der Waals surface area contributed by atoms with Crippen molar-refractivity contribution in [3.63, 3.8) is 0 Å². The van der Waals surface area contributed by atoms with E-state index < -0.39 is 11.8 Å². The van der Waals surface area contributed by atoms with Crippen LogP contribution in [-0.4, -0.2) is 50.5 Å². The van der Waals surface area contributed by atoms with Crippen molar-refractivity contribution in [1.82, 2.24) is 16.2 Å². The molecular weight excluding hydrogens is 422 g/mol. The predicted molar refractivity (Wildman–Crippen MR) is 118 cm³/mol. The smallest absolute Gasteiger partial charge is 0.276 e. The molecule has 2 rings (SSSR count). The minimum Gasteiger partial charge on any atom is -0.497 e. The molecule has 0 spiro atoms. The van der Waals surface area contributed by atoms with Crippen molar-refractivity contribution in [2.75, 3.05) is 33.5 Å². The van der Waals surface area contributed by atoms with Gasteiger partial charge in [0.05, 0.1) is 19.3 Å². The van der Waals surface area contributed by atoms with Gasteiger partial charge in [0.25, 0.3) is 11.8 Å². The Hall–Kier alpha value is -3.37. The highest BCUT2D eigenvalue weighted by atomic mass is 32.1. The molecule has 0 aliphatic rings. The van der Waals surface area contributed by atoms with Crippen molar-refractivity contribution in [3.8, 4) is 17.2 Å². The van der Waals surface area contributed by atoms with E-state index in [1.54, 1.807) is 55.6 Å². The first-order chi connectivity index (χ1) is 15.0. The molecule has 2 amide bonds. The van der Waals surface area contributed by atoms with Crippen LogP contribution in [0, 0.1) is 0 Å². The molecule has 3 N–H and O–H groups in total. The van der Waals surface area contributed by atoms with Crippen LogP contribution in [0.15, 0.2) is 48.5 Å². The number of carbonyl (C=O) groups is 2. The zero-order valence-electron chi connectivity index (χ0n) is 17.3. The van der Waals surface area contributed by atoms with Crippen molar-refractivity contribution in [2.45, 2.75) is 6.92 Å². The molecule has 166 valence electrons. The van der Waals surface area contributed by atoms with Crippen LogP contribution < -0.4 is 30.4 Å². The Morgan fingerprint density at radius 3 is 2.35 bits per heavy atom. The number of hydrogen-bond acceptors (Lipinski definition) is 7. The molecular formula is C21H25N3O6S. The summed E-state index contributed by atoms with van der Waals surface area (Å²) in [6, 6.07) is 13.5. The monoisotopic (exact) mass is 447 g/mol. The number of benzene rings is 2. The van der Waals surface area contributed by atoms with E-state index >= 15 is 0 Å². The molecule has 0 atom stereocenters. The standard InChI is InChI=1S/C21H25N3O6S/c1-3-28-12-13-29-18-7-5-4-6-17(18)20(26)22-21(31)24-23-19(25)14-30-16-10-8-15(27-2)9-11-16/h4-11H,3,12-14H2,1-2H3,(H,23,25)(H2,22,24,26,31). The van der Waals surface area contributed by atoms with Crippen molar-refractivity contribution >= 4 is 29.1 Å². The average Bonchev–Trinajstić information content (AvgIpc) is 2.79. The van der Waals surface area contributed by atoms with Crippen LogP contribution in [0.25, 0.3) is 0 Å². The van der Waals surface area contributed by atoms with Gasteiger partial charge in [-0.25, -0.2) is 0 Å². The van der Waals surface area contributed by atoms with Crippen molar-refractivity contribution in [2.24, 2.45) is 0 Å². The van der Waals surface area contributed by atoms with Gasteiger partial charge in [-0.3, -0.25) is 25.8 Å². The lowest BCUT2D eigenvalue weighted by Gasteiger charge is -2.13. The van der Waals surface area contributed by atoms with E-state index in [1.807, 2.05) is 6.92 Å². The van der Waals surface area contributed by atoms with Crippen LogP contribution in [0.5, 0.6) is 17.2 Å². The van der Waals surface area contributed by atoms with Crippen molar-refractivity contribution in [1.29, 1.82) is 0 Å². The Balaban J connectivity index is 1.76. The Morgan fingerprint density at radius 2 is 1.65 bits per heavy atom. The Morgan fingerprint density at radius 1 is 0.935 bits per heavy atom. The Kier molecular flexibility index (Phi) is 10.1. The lowest BCUT2D eigenvalue weighted by Crippen LogP contribution is -2.49. The number of rotatable bonds is 10. The van der Waals surface area contributed by atoms with E-state index in [0.29, 0.717) is 42.6 Å². The van der Waals surface area contributed by atoms with E-state index in [1.165, 1.54) is 0 Å². The second-order valence-corrected chi connectivity index (χ2v) is 6.37. The molecule has 0 fully saturated rings. The molecule has 0 heterocycles. The van der Waals surface area contributed by atoms with Gasteiger partial charge >= 0.3 is 0 Å². The summed E-state index contributed by atoms with van der Waals surface area (Å²) in [7, 11) is 1.56. The highest BCUT2D eigenvalue weighted by Gasteiger charge is 2.14. The summed E-state index contributed by atoms with van der Waals surface area (Å²) >= 11 is 5.05. The fourth-order valence-electron chi connectivity index (χ4n) is 2.32. The lowest BCUT2D eigenvalue weighted by atomic mass is 10.2. The maximum atomic E-state index is 12.5. The molecule has 0 radical (unpaired) electrons. The fourth-order valence-corrected chi connectivity index (χ4v) is 2.46. The molecule has 0 saturated carbocycles. The lowest BCUT2D eigenvalue weighted by molar-refractivity contribution is -0.123. The fraction of sp³-hybridized carbons (Fsp3) is 0.286. The molecule has 31 heavy (non-hydrogen) atoms. The second-order valence-electron chi connectivity index (χ2n) is 5.96. The van der Waals surface area contributed by atoms with E-state index in [4.69, 9.17) is 31.2 Å². The summed E-state index contributed by atoms with van der Waals surface area (Å²) in [4.78, 5) is 24.4. The van der Waals surface area contributed by atoms with Crippen LogP contribution in [0.1, 0.15) is 17.3 Å². The molecule has 9 nitrogen and oxygen atoms in total. The van der Waals surface area contributed by atoms with Gasteiger partial charge in [0.1, 0.15) is 23.9 Å². The first-order valence-corrected chi connectivity index (χ1v) is 9.91. The first-order valence-electron chi connectivity index (χ1n) is 9.50. The number of thiocarbonyl (C=S) groups is 1. The number of nitrogens with one attached hydrogen (secondary N) is 3. The molecule has 0 unspecified atom stereocenters. The van der Waals surface area contributed by atoms with Gasteiger partial charge in [-0.15, -0.1) is 0 Å². The van der Waals surface area contributed by atoms with Gasteiger partial charge in [-0.05, 0) is 55.5 Å². The van der Waals surface area contributed by atoms with Gasteiger partial charge in [-0.2, -0.15) is 0 Å². The SMILES string of the molecule is CCOCCOc1ccccc1C(=O)NC(=S)NNC(=O)COc1ccc(OC)cc1. The summed E-state index contributed by atoms with van der Waals surface area (Å²) in [5, 5.41) is 2.40. The molecule has 2 aromatic rings. The molecule has 0 aliphatic heterocycles. The van der Waals surface area contributed by atoms with Crippen molar-refractivity contribution < 1.29 is 28.5 Å². The van der Waals surface area contributed by atoms with E-state index in [2.05, 4.69) is 16.2 Å². The third-order valence-corrected chi connectivity index (χ3v) is 4.00. The van der Waals surface area contributed by atoms with Gasteiger partial charge in [0, 0.05) is 6.61 Å². The van der Waals surface area contributed by atoms with Crippen LogP contribution in [0.4, 0.5) is 0 Å². The molecule has 0 saturated heterocycles. The number of methoxy groups -OCH3 is 1. The summed E-state index contributed by atoms with van der Waals surface area (Å²) in [6.07, 6.45) is 0. The number of para-hydroxylation sites is 1. The van der Waals surface area contributed by atoms with Crippen LogP contribution in [-0.2, 0) is 9.53 Å². The van der Waals surface area contributed by atoms with Gasteiger partial charge in [0.2, 0.25) is 0 Å². The normalized spacial score (nSPS) is 10.0. The largest absolute Gasteiger partial charge is 0.497 e.